The third kappa shape index (κ3) is 4.94. The molecule has 180 valence electrons. The molecule has 0 atom stereocenters. The van der Waals surface area contributed by atoms with Crippen LogP contribution in [0.3, 0.4) is 0 Å². The number of benzene rings is 2. The van der Waals surface area contributed by atoms with Gasteiger partial charge in [-0.2, -0.15) is 5.26 Å². The Kier molecular flexibility index (Phi) is 6.97. The molecule has 1 aliphatic rings. The van der Waals surface area contributed by atoms with Crippen LogP contribution in [-0.2, 0) is 11.2 Å². The maximum atomic E-state index is 12.7. The number of amides is 1. The first kappa shape index (κ1) is 23.8. The number of hydrogen-bond donors (Lipinski definition) is 1. The maximum Gasteiger partial charge on any atom is 0.261 e. The van der Waals surface area contributed by atoms with Gasteiger partial charge in [0.05, 0.1) is 14.2 Å². The highest BCUT2D eigenvalue weighted by Crippen LogP contribution is 2.35. The van der Waals surface area contributed by atoms with Crippen molar-refractivity contribution in [1.82, 2.24) is 9.88 Å². The Hall–Kier alpha value is -4.38. The summed E-state index contributed by atoms with van der Waals surface area (Å²) in [6, 6.07) is 15.3. The van der Waals surface area contributed by atoms with Crippen molar-refractivity contribution in [2.75, 3.05) is 27.6 Å². The predicted molar refractivity (Wildman–Crippen MR) is 131 cm³/mol. The number of nitriles is 1. The van der Waals surface area contributed by atoms with Crippen molar-refractivity contribution in [2.24, 2.45) is 0 Å². The number of methoxy groups -OCH3 is 2. The van der Waals surface area contributed by atoms with E-state index in [-0.39, 0.29) is 12.4 Å². The molecule has 0 radical (unpaired) electrons. The van der Waals surface area contributed by atoms with Crippen LogP contribution in [0.5, 0.6) is 23.0 Å². The van der Waals surface area contributed by atoms with Gasteiger partial charge in [0.15, 0.2) is 23.0 Å². The van der Waals surface area contributed by atoms with E-state index in [9.17, 15) is 10.1 Å². The first-order valence-corrected chi connectivity index (χ1v) is 11.1. The van der Waals surface area contributed by atoms with Crippen molar-refractivity contribution in [1.29, 1.82) is 5.26 Å². The fourth-order valence-corrected chi connectivity index (χ4v) is 4.11. The second kappa shape index (κ2) is 10.3. The number of aryl methyl sites for hydroxylation is 1. The van der Waals surface area contributed by atoms with E-state index in [2.05, 4.69) is 9.88 Å². The number of fused-ring (bicyclic) bond motifs is 1. The van der Waals surface area contributed by atoms with Gasteiger partial charge in [-0.05, 0) is 67.8 Å². The van der Waals surface area contributed by atoms with Gasteiger partial charge in [-0.1, -0.05) is 6.07 Å². The van der Waals surface area contributed by atoms with Crippen LogP contribution in [0.2, 0.25) is 0 Å². The lowest BCUT2D eigenvalue weighted by atomic mass is 10.1. The van der Waals surface area contributed by atoms with E-state index in [0.717, 1.165) is 28.2 Å². The summed E-state index contributed by atoms with van der Waals surface area (Å²) in [4.78, 5) is 12.7. The molecular weight excluding hydrogens is 446 g/mol. The second-order valence-electron chi connectivity index (χ2n) is 8.06. The topological polar surface area (TPSA) is 94.7 Å². The summed E-state index contributed by atoms with van der Waals surface area (Å²) in [5.41, 5.74) is 4.63. The predicted octanol–water partition coefficient (Wildman–Crippen LogP) is 4.11. The Balaban J connectivity index is 1.47. The van der Waals surface area contributed by atoms with Crippen LogP contribution in [0.4, 0.5) is 0 Å². The van der Waals surface area contributed by atoms with E-state index in [1.807, 2.05) is 62.4 Å². The molecule has 1 N–H and O–H groups in total. The average Bonchev–Trinajstić information content (AvgIpc) is 3.44. The van der Waals surface area contributed by atoms with Crippen LogP contribution in [0.25, 0.3) is 11.8 Å². The van der Waals surface area contributed by atoms with Gasteiger partial charge >= 0.3 is 0 Å². The quantitative estimate of drug-likeness (QED) is 0.391. The number of hydrogen-bond acceptors (Lipinski definition) is 6. The zero-order valence-electron chi connectivity index (χ0n) is 20.2. The van der Waals surface area contributed by atoms with Crippen LogP contribution in [0, 0.1) is 25.2 Å². The first-order valence-electron chi connectivity index (χ1n) is 11.1. The van der Waals surface area contributed by atoms with Crippen LogP contribution >= 0.6 is 0 Å². The van der Waals surface area contributed by atoms with Crippen molar-refractivity contribution in [2.45, 2.75) is 20.3 Å². The molecule has 0 fully saturated rings. The van der Waals surface area contributed by atoms with E-state index in [1.54, 1.807) is 20.3 Å². The minimum Gasteiger partial charge on any atom is -0.493 e. The van der Waals surface area contributed by atoms with Crippen molar-refractivity contribution in [3.05, 3.63) is 70.6 Å². The second-order valence-corrected chi connectivity index (χ2v) is 8.06. The Labute approximate surface area is 204 Å². The van der Waals surface area contributed by atoms with Crippen LogP contribution in [-0.4, -0.2) is 38.0 Å². The molecule has 0 saturated heterocycles. The number of ether oxygens (including phenoxy) is 4. The molecule has 8 heteroatoms. The fraction of sp³-hybridized carbons (Fsp3) is 0.259. The SMILES string of the molecule is COc1ccc(CCNC(=O)/C(C#N)=C/c2cc(C)n(-c3ccc4c(c3)OCO4)c2C)cc1OC. The van der Waals surface area contributed by atoms with Crippen molar-refractivity contribution in [3.63, 3.8) is 0 Å². The molecule has 0 aliphatic carbocycles. The molecule has 2 aromatic carbocycles. The van der Waals surface area contributed by atoms with E-state index >= 15 is 0 Å². The highest BCUT2D eigenvalue weighted by Gasteiger charge is 2.17. The first-order chi connectivity index (χ1) is 16.9. The Morgan fingerprint density at radius 3 is 2.60 bits per heavy atom. The molecule has 1 aliphatic heterocycles. The van der Waals surface area contributed by atoms with E-state index < -0.39 is 5.91 Å². The summed E-state index contributed by atoms with van der Waals surface area (Å²) in [5, 5.41) is 12.5. The standard InChI is InChI=1S/C27H27N3O5/c1-17-11-20(18(2)30(17)22-6-8-24-26(14-22)35-16-34-24)13-21(15-28)27(31)29-10-9-19-5-7-23(32-3)25(12-19)33-4/h5-8,11-14H,9-10,16H2,1-4H3,(H,29,31)/b21-13+. The molecule has 2 heterocycles. The van der Waals surface area contributed by atoms with Gasteiger partial charge in [0.25, 0.3) is 5.91 Å². The molecule has 3 aromatic rings. The van der Waals surface area contributed by atoms with Gasteiger partial charge in [-0.15, -0.1) is 0 Å². The minimum absolute atomic E-state index is 0.0447. The molecule has 8 nitrogen and oxygen atoms in total. The summed E-state index contributed by atoms with van der Waals surface area (Å²) < 4.78 is 23.5. The summed E-state index contributed by atoms with van der Waals surface area (Å²) in [6.45, 7) is 4.52. The molecule has 4 rings (SSSR count). The lowest BCUT2D eigenvalue weighted by molar-refractivity contribution is -0.117. The number of carbonyl (C=O) groups excluding carboxylic acids is 1. The molecular formula is C27H27N3O5. The monoisotopic (exact) mass is 473 g/mol. The third-order valence-corrected chi connectivity index (χ3v) is 5.90. The smallest absolute Gasteiger partial charge is 0.261 e. The largest absolute Gasteiger partial charge is 0.493 e. The number of carbonyl (C=O) groups is 1. The molecule has 1 amide bonds. The number of nitrogens with zero attached hydrogens (tertiary/aromatic N) is 2. The summed E-state index contributed by atoms with van der Waals surface area (Å²) >= 11 is 0. The molecule has 35 heavy (non-hydrogen) atoms. The number of nitrogens with one attached hydrogen (secondary N) is 1. The van der Waals surface area contributed by atoms with Crippen LogP contribution in [0.15, 0.2) is 48.0 Å². The van der Waals surface area contributed by atoms with E-state index in [0.29, 0.717) is 36.0 Å². The van der Waals surface area contributed by atoms with Crippen LogP contribution < -0.4 is 24.3 Å². The van der Waals surface area contributed by atoms with Gasteiger partial charge < -0.3 is 28.8 Å². The highest BCUT2D eigenvalue weighted by atomic mass is 16.7. The van der Waals surface area contributed by atoms with Gasteiger partial charge in [0.2, 0.25) is 6.79 Å². The summed E-state index contributed by atoms with van der Waals surface area (Å²) in [7, 11) is 3.16. The van der Waals surface area contributed by atoms with E-state index in [1.165, 1.54) is 0 Å². The number of rotatable bonds is 8. The summed E-state index contributed by atoms with van der Waals surface area (Å²) in [6.07, 6.45) is 2.21. The normalized spacial score (nSPS) is 12.3. The molecule has 1 aromatic heterocycles. The zero-order valence-corrected chi connectivity index (χ0v) is 20.2. The fourth-order valence-electron chi connectivity index (χ4n) is 4.11. The highest BCUT2D eigenvalue weighted by molar-refractivity contribution is 6.01. The summed E-state index contributed by atoms with van der Waals surface area (Å²) in [5.74, 6) is 2.27. The lowest BCUT2D eigenvalue weighted by Gasteiger charge is -2.11. The maximum absolute atomic E-state index is 12.7. The van der Waals surface area contributed by atoms with Crippen molar-refractivity contribution in [3.8, 4) is 34.8 Å². The lowest BCUT2D eigenvalue weighted by Crippen LogP contribution is -2.26. The molecule has 0 spiro atoms. The van der Waals surface area contributed by atoms with Crippen molar-refractivity contribution >= 4 is 12.0 Å². The van der Waals surface area contributed by atoms with E-state index in [4.69, 9.17) is 18.9 Å². The molecule has 0 saturated carbocycles. The average molecular weight is 474 g/mol. The molecule has 0 bridgehead atoms. The Morgan fingerprint density at radius 2 is 1.86 bits per heavy atom. The Morgan fingerprint density at radius 1 is 1.09 bits per heavy atom. The van der Waals surface area contributed by atoms with Gasteiger partial charge in [-0.3, -0.25) is 4.79 Å². The van der Waals surface area contributed by atoms with Gasteiger partial charge in [0, 0.05) is 29.7 Å². The van der Waals surface area contributed by atoms with Crippen LogP contribution in [0.1, 0.15) is 22.5 Å². The number of aromatic nitrogens is 1. The van der Waals surface area contributed by atoms with Gasteiger partial charge in [-0.25, -0.2) is 0 Å². The molecule has 0 unspecified atom stereocenters. The Bertz CT molecular complexity index is 1330. The zero-order chi connectivity index (χ0) is 24.9. The third-order valence-electron chi connectivity index (χ3n) is 5.90. The van der Waals surface area contributed by atoms with Gasteiger partial charge in [0.1, 0.15) is 11.6 Å². The minimum atomic E-state index is -0.416. The van der Waals surface area contributed by atoms with Crippen molar-refractivity contribution < 1.29 is 23.7 Å².